The highest BCUT2D eigenvalue weighted by molar-refractivity contribution is 5.80. The lowest BCUT2D eigenvalue weighted by molar-refractivity contribution is -0.118. The molecule has 0 spiro atoms. The van der Waals surface area contributed by atoms with E-state index in [1.54, 1.807) is 0 Å². The van der Waals surface area contributed by atoms with Crippen LogP contribution in [0.15, 0.2) is 0 Å². The van der Waals surface area contributed by atoms with Gasteiger partial charge in [-0.2, -0.15) is 0 Å². The molecule has 2 nitrogen and oxygen atoms in total. The molecule has 0 aromatic rings. The minimum Gasteiger partial charge on any atom is -0.322 e. The summed E-state index contributed by atoms with van der Waals surface area (Å²) >= 11 is 0. The van der Waals surface area contributed by atoms with Gasteiger partial charge in [0.05, 0.1) is 6.04 Å². The minimum atomic E-state index is -0.236. The fourth-order valence-electron chi connectivity index (χ4n) is 1.35. The van der Waals surface area contributed by atoms with Crippen molar-refractivity contribution in [2.75, 3.05) is 0 Å². The number of rotatable bonds is 2. The maximum atomic E-state index is 10.2. The fraction of sp³-hybridized carbons (Fsp3) is 0.909. The molecule has 0 radical (unpaired) electrons. The lowest BCUT2D eigenvalue weighted by atomic mass is 10.0. The molecule has 0 bridgehead atoms. The van der Waals surface area contributed by atoms with Crippen LogP contribution in [0.5, 0.6) is 0 Å². The molecule has 2 N–H and O–H groups in total. The number of carbonyl (C=O) groups excluding carboxylic acids is 1. The van der Waals surface area contributed by atoms with Gasteiger partial charge in [0.25, 0.3) is 0 Å². The topological polar surface area (TPSA) is 43.1 Å². The molecular weight excluding hydrogens is 162 g/mol. The SMILES string of the molecule is C1CCCCC1.CCC(N)C(C)=O. The first kappa shape index (κ1) is 12.6. The van der Waals surface area contributed by atoms with E-state index >= 15 is 0 Å². The average Bonchev–Trinajstić information content (AvgIpc) is 2.20. The summed E-state index contributed by atoms with van der Waals surface area (Å²) in [6, 6.07) is -0.236. The lowest BCUT2D eigenvalue weighted by Crippen LogP contribution is -2.26. The van der Waals surface area contributed by atoms with Gasteiger partial charge in [0.1, 0.15) is 5.78 Å². The molecule has 13 heavy (non-hydrogen) atoms. The van der Waals surface area contributed by atoms with E-state index in [4.69, 9.17) is 5.73 Å². The Morgan fingerprint density at radius 3 is 1.54 bits per heavy atom. The summed E-state index contributed by atoms with van der Waals surface area (Å²) in [7, 11) is 0. The zero-order chi connectivity index (χ0) is 10.1. The number of nitrogens with two attached hydrogens (primary N) is 1. The zero-order valence-corrected chi connectivity index (χ0v) is 9.01. The van der Waals surface area contributed by atoms with Crippen molar-refractivity contribution in [3.8, 4) is 0 Å². The van der Waals surface area contributed by atoms with Gasteiger partial charge in [-0.05, 0) is 13.3 Å². The first-order valence-electron chi connectivity index (χ1n) is 5.44. The number of ketones is 1. The first-order chi connectivity index (χ1) is 6.18. The van der Waals surface area contributed by atoms with Crippen molar-refractivity contribution in [2.24, 2.45) is 5.73 Å². The Labute approximate surface area is 81.9 Å². The lowest BCUT2D eigenvalue weighted by Gasteiger charge is -2.05. The van der Waals surface area contributed by atoms with Crippen LogP contribution >= 0.6 is 0 Å². The van der Waals surface area contributed by atoms with Crippen molar-refractivity contribution >= 4 is 5.78 Å². The molecule has 0 amide bonds. The molecule has 0 aromatic heterocycles. The molecule has 0 saturated heterocycles. The minimum absolute atomic E-state index is 0.0718. The van der Waals surface area contributed by atoms with Crippen LogP contribution in [0, 0.1) is 0 Å². The van der Waals surface area contributed by atoms with E-state index in [1.807, 2.05) is 6.92 Å². The molecule has 78 valence electrons. The van der Waals surface area contributed by atoms with Gasteiger partial charge in [0.2, 0.25) is 0 Å². The summed E-state index contributed by atoms with van der Waals surface area (Å²) < 4.78 is 0. The number of hydrogen-bond acceptors (Lipinski definition) is 2. The van der Waals surface area contributed by atoms with Gasteiger partial charge in [0.15, 0.2) is 0 Å². The second kappa shape index (κ2) is 8.24. The third kappa shape index (κ3) is 7.97. The van der Waals surface area contributed by atoms with E-state index in [0.29, 0.717) is 0 Å². The Morgan fingerprint density at radius 1 is 1.15 bits per heavy atom. The molecule has 1 saturated carbocycles. The highest BCUT2D eigenvalue weighted by Gasteiger charge is 2.01. The number of carbonyl (C=O) groups is 1. The van der Waals surface area contributed by atoms with Gasteiger partial charge in [-0.15, -0.1) is 0 Å². The van der Waals surface area contributed by atoms with Gasteiger partial charge in [-0.1, -0.05) is 45.4 Å². The maximum Gasteiger partial charge on any atom is 0.146 e. The van der Waals surface area contributed by atoms with Gasteiger partial charge >= 0.3 is 0 Å². The standard InChI is InChI=1S/C6H12.C5H11NO/c1-2-4-6-5-3-1;1-3-5(6)4(2)7/h1-6H2;5H,3,6H2,1-2H3. The Kier molecular flexibility index (Phi) is 8.00. The smallest absolute Gasteiger partial charge is 0.146 e. The second-order valence-corrected chi connectivity index (χ2v) is 3.75. The van der Waals surface area contributed by atoms with Crippen molar-refractivity contribution in [3.63, 3.8) is 0 Å². The predicted molar refractivity (Wildman–Crippen MR) is 56.6 cm³/mol. The first-order valence-corrected chi connectivity index (χ1v) is 5.44. The van der Waals surface area contributed by atoms with E-state index in [-0.39, 0.29) is 11.8 Å². The molecule has 0 heterocycles. The Balaban J connectivity index is 0.000000223. The van der Waals surface area contributed by atoms with Crippen molar-refractivity contribution in [1.82, 2.24) is 0 Å². The Morgan fingerprint density at radius 2 is 1.46 bits per heavy atom. The Bertz CT molecular complexity index is 119. The Hall–Kier alpha value is -0.370. The molecule has 1 atom stereocenters. The van der Waals surface area contributed by atoms with E-state index in [2.05, 4.69) is 0 Å². The predicted octanol–water partition coefficient (Wildman–Crippen LogP) is 2.65. The second-order valence-electron chi connectivity index (χ2n) is 3.75. The van der Waals surface area contributed by atoms with Crippen LogP contribution < -0.4 is 5.73 Å². The highest BCUT2D eigenvalue weighted by Crippen LogP contribution is 2.15. The van der Waals surface area contributed by atoms with Crippen LogP contribution in [-0.4, -0.2) is 11.8 Å². The van der Waals surface area contributed by atoms with Crippen LogP contribution in [0.3, 0.4) is 0 Å². The molecule has 1 aliphatic rings. The summed E-state index contributed by atoms with van der Waals surface area (Å²) in [6.45, 7) is 3.40. The fourth-order valence-corrected chi connectivity index (χ4v) is 1.35. The summed E-state index contributed by atoms with van der Waals surface area (Å²) in [5.74, 6) is 0.0718. The summed E-state index contributed by atoms with van der Waals surface area (Å²) in [4.78, 5) is 10.2. The third-order valence-corrected chi connectivity index (χ3v) is 2.46. The largest absolute Gasteiger partial charge is 0.322 e. The molecule has 0 aromatic carbocycles. The third-order valence-electron chi connectivity index (χ3n) is 2.46. The van der Waals surface area contributed by atoms with Crippen LogP contribution in [0.1, 0.15) is 58.8 Å². The van der Waals surface area contributed by atoms with E-state index in [1.165, 1.54) is 45.4 Å². The van der Waals surface area contributed by atoms with E-state index < -0.39 is 0 Å². The molecule has 2 heteroatoms. The van der Waals surface area contributed by atoms with Crippen molar-refractivity contribution in [3.05, 3.63) is 0 Å². The van der Waals surface area contributed by atoms with Crippen LogP contribution in [-0.2, 0) is 4.79 Å². The highest BCUT2D eigenvalue weighted by atomic mass is 16.1. The monoisotopic (exact) mass is 185 g/mol. The molecule has 0 aliphatic heterocycles. The summed E-state index contributed by atoms with van der Waals surface area (Å²) in [5, 5.41) is 0. The summed E-state index contributed by atoms with van der Waals surface area (Å²) in [6.07, 6.45) is 9.75. The quantitative estimate of drug-likeness (QED) is 0.718. The molecule has 1 rings (SSSR count). The summed E-state index contributed by atoms with van der Waals surface area (Å²) in [5.41, 5.74) is 5.27. The molecule has 1 fully saturated rings. The zero-order valence-electron chi connectivity index (χ0n) is 9.01. The molecular formula is C11H23NO. The normalized spacial score (nSPS) is 18.4. The van der Waals surface area contributed by atoms with Crippen LogP contribution in [0.4, 0.5) is 0 Å². The van der Waals surface area contributed by atoms with Crippen LogP contribution in [0.2, 0.25) is 0 Å². The van der Waals surface area contributed by atoms with E-state index in [0.717, 1.165) is 6.42 Å². The van der Waals surface area contributed by atoms with E-state index in [9.17, 15) is 4.79 Å². The average molecular weight is 185 g/mol. The number of Topliss-reactive ketones (excluding diaryl/α,β-unsaturated/α-hetero) is 1. The maximum absolute atomic E-state index is 10.2. The van der Waals surface area contributed by atoms with Gasteiger partial charge < -0.3 is 5.73 Å². The van der Waals surface area contributed by atoms with Gasteiger partial charge in [0, 0.05) is 0 Å². The van der Waals surface area contributed by atoms with Crippen molar-refractivity contribution < 1.29 is 4.79 Å². The van der Waals surface area contributed by atoms with Gasteiger partial charge in [-0.3, -0.25) is 4.79 Å². The number of hydrogen-bond donors (Lipinski definition) is 1. The van der Waals surface area contributed by atoms with Crippen LogP contribution in [0.25, 0.3) is 0 Å². The van der Waals surface area contributed by atoms with Crippen molar-refractivity contribution in [2.45, 2.75) is 64.8 Å². The van der Waals surface area contributed by atoms with Crippen molar-refractivity contribution in [1.29, 1.82) is 0 Å². The molecule has 1 aliphatic carbocycles. The van der Waals surface area contributed by atoms with Gasteiger partial charge in [-0.25, -0.2) is 0 Å². The molecule has 1 unspecified atom stereocenters.